The maximum absolute atomic E-state index is 11.5. The second-order valence-electron chi connectivity index (χ2n) is 4.48. The second-order valence-corrected chi connectivity index (χ2v) is 4.48. The maximum Gasteiger partial charge on any atom is 0.330 e. The van der Waals surface area contributed by atoms with Crippen molar-refractivity contribution in [2.45, 2.75) is 25.7 Å². The van der Waals surface area contributed by atoms with E-state index in [0.29, 0.717) is 6.54 Å². The lowest BCUT2D eigenvalue weighted by Gasteiger charge is -2.25. The van der Waals surface area contributed by atoms with E-state index in [0.717, 1.165) is 31.0 Å². The van der Waals surface area contributed by atoms with E-state index in [9.17, 15) is 14.4 Å². The van der Waals surface area contributed by atoms with Crippen molar-refractivity contribution >= 4 is 17.8 Å². The van der Waals surface area contributed by atoms with Gasteiger partial charge in [0.05, 0.1) is 0 Å². The smallest absolute Gasteiger partial charge is 0.303 e. The molecule has 6 nitrogen and oxygen atoms in total. The normalized spacial score (nSPS) is 22.1. The highest BCUT2D eigenvalue weighted by molar-refractivity contribution is 6.14. The lowest BCUT2D eigenvalue weighted by Crippen LogP contribution is -2.53. The highest BCUT2D eigenvalue weighted by Gasteiger charge is 2.30. The van der Waals surface area contributed by atoms with Crippen LogP contribution in [0.15, 0.2) is 0 Å². The lowest BCUT2D eigenvalue weighted by atomic mass is 10.2. The number of amides is 4. The van der Waals surface area contributed by atoms with Crippen LogP contribution in [0.5, 0.6) is 0 Å². The molecule has 6 heteroatoms. The highest BCUT2D eigenvalue weighted by atomic mass is 16.2. The van der Waals surface area contributed by atoms with Crippen molar-refractivity contribution in [3.8, 4) is 0 Å². The first-order valence-electron chi connectivity index (χ1n) is 6.03. The fourth-order valence-corrected chi connectivity index (χ4v) is 2.26. The largest absolute Gasteiger partial charge is 0.330 e. The predicted molar refractivity (Wildman–Crippen MR) is 60.2 cm³/mol. The average molecular weight is 239 g/mol. The first-order valence-corrected chi connectivity index (χ1v) is 6.03. The van der Waals surface area contributed by atoms with Gasteiger partial charge in [-0.1, -0.05) is 0 Å². The Hall–Kier alpha value is -1.43. The molecule has 1 N–H and O–H groups in total. The number of likely N-dealkylation sites (tertiary alicyclic amines) is 1. The van der Waals surface area contributed by atoms with Gasteiger partial charge in [-0.2, -0.15) is 0 Å². The summed E-state index contributed by atoms with van der Waals surface area (Å²) in [6.07, 6.45) is 3.03. The molecule has 4 amide bonds. The van der Waals surface area contributed by atoms with Gasteiger partial charge in [0.2, 0.25) is 11.8 Å². The van der Waals surface area contributed by atoms with Crippen LogP contribution in [-0.2, 0) is 9.59 Å². The summed E-state index contributed by atoms with van der Waals surface area (Å²) in [5.41, 5.74) is 0. The number of hydrogen-bond acceptors (Lipinski definition) is 4. The molecule has 2 saturated heterocycles. The summed E-state index contributed by atoms with van der Waals surface area (Å²) in [5, 5.41) is 2.15. The average Bonchev–Trinajstić information content (AvgIpc) is 2.74. The third-order valence-electron chi connectivity index (χ3n) is 3.16. The molecule has 17 heavy (non-hydrogen) atoms. The number of nitrogens with zero attached hydrogens (tertiary/aromatic N) is 2. The van der Waals surface area contributed by atoms with Gasteiger partial charge < -0.3 is 4.90 Å². The Morgan fingerprint density at radius 3 is 2.41 bits per heavy atom. The Morgan fingerprint density at radius 2 is 1.76 bits per heavy atom. The van der Waals surface area contributed by atoms with E-state index < -0.39 is 11.9 Å². The molecule has 0 bridgehead atoms. The van der Waals surface area contributed by atoms with Gasteiger partial charge in [0.1, 0.15) is 6.42 Å². The molecule has 94 valence electrons. The number of carbonyl (C=O) groups excluding carboxylic acids is 3. The topological polar surface area (TPSA) is 69.7 Å². The van der Waals surface area contributed by atoms with E-state index in [4.69, 9.17) is 0 Å². The van der Waals surface area contributed by atoms with Crippen LogP contribution < -0.4 is 5.32 Å². The van der Waals surface area contributed by atoms with Gasteiger partial charge in [-0.3, -0.25) is 19.8 Å². The molecule has 0 spiro atoms. The van der Waals surface area contributed by atoms with Crippen LogP contribution in [0, 0.1) is 0 Å². The van der Waals surface area contributed by atoms with Crippen LogP contribution in [0.1, 0.15) is 25.7 Å². The SMILES string of the molecule is O=C1CC(=O)N(CCCN2CCCC2)C(=O)N1. The Labute approximate surface area is 99.9 Å². The third kappa shape index (κ3) is 3.03. The van der Waals surface area contributed by atoms with E-state index in [1.807, 2.05) is 0 Å². The van der Waals surface area contributed by atoms with Gasteiger partial charge in [-0.25, -0.2) is 4.79 Å². The van der Waals surface area contributed by atoms with E-state index >= 15 is 0 Å². The van der Waals surface area contributed by atoms with Crippen molar-refractivity contribution in [1.29, 1.82) is 0 Å². The van der Waals surface area contributed by atoms with Crippen LogP contribution in [0.3, 0.4) is 0 Å². The van der Waals surface area contributed by atoms with Crippen molar-refractivity contribution in [2.75, 3.05) is 26.2 Å². The highest BCUT2D eigenvalue weighted by Crippen LogP contribution is 2.09. The molecule has 2 aliphatic heterocycles. The summed E-state index contributed by atoms with van der Waals surface area (Å²) < 4.78 is 0. The Morgan fingerprint density at radius 1 is 1.06 bits per heavy atom. The van der Waals surface area contributed by atoms with Crippen molar-refractivity contribution < 1.29 is 14.4 Å². The molecule has 0 radical (unpaired) electrons. The molecule has 0 aromatic heterocycles. The molecule has 0 saturated carbocycles. The molecule has 0 aromatic rings. The zero-order valence-electron chi connectivity index (χ0n) is 9.78. The maximum atomic E-state index is 11.5. The molecular formula is C11H17N3O3. The van der Waals surface area contributed by atoms with Crippen LogP contribution in [0.4, 0.5) is 4.79 Å². The minimum absolute atomic E-state index is 0.213. The molecule has 2 rings (SSSR count). The summed E-state index contributed by atoms with van der Waals surface area (Å²) in [7, 11) is 0. The fraction of sp³-hybridized carbons (Fsp3) is 0.727. The third-order valence-corrected chi connectivity index (χ3v) is 3.16. The van der Waals surface area contributed by atoms with Gasteiger partial charge in [-0.15, -0.1) is 0 Å². The monoisotopic (exact) mass is 239 g/mol. The predicted octanol–water partition coefficient (Wildman–Crippen LogP) is -0.0592. The van der Waals surface area contributed by atoms with E-state index in [1.54, 1.807) is 0 Å². The van der Waals surface area contributed by atoms with Gasteiger partial charge in [0, 0.05) is 6.54 Å². The van der Waals surface area contributed by atoms with E-state index in [-0.39, 0.29) is 12.3 Å². The van der Waals surface area contributed by atoms with Gasteiger partial charge in [0.15, 0.2) is 0 Å². The Bertz CT molecular complexity index is 317. The molecule has 2 fully saturated rings. The Kier molecular flexibility index (Phi) is 3.73. The van der Waals surface area contributed by atoms with Crippen molar-refractivity contribution in [3.63, 3.8) is 0 Å². The van der Waals surface area contributed by atoms with Crippen LogP contribution in [0.2, 0.25) is 0 Å². The number of barbiturate groups is 1. The number of hydrogen-bond donors (Lipinski definition) is 1. The van der Waals surface area contributed by atoms with Crippen LogP contribution in [0.25, 0.3) is 0 Å². The molecule has 2 aliphatic rings. The Balaban J connectivity index is 1.75. The second kappa shape index (κ2) is 5.27. The molecule has 2 heterocycles. The molecule has 0 atom stereocenters. The number of urea groups is 1. The minimum atomic E-state index is -0.576. The van der Waals surface area contributed by atoms with Crippen LogP contribution in [-0.4, -0.2) is 53.8 Å². The van der Waals surface area contributed by atoms with Gasteiger partial charge in [0.25, 0.3) is 0 Å². The number of imide groups is 2. The summed E-state index contributed by atoms with van der Waals surface area (Å²) in [6, 6.07) is -0.576. The molecule has 0 unspecified atom stereocenters. The molecular weight excluding hydrogens is 222 g/mol. The number of carbonyl (C=O) groups is 3. The summed E-state index contributed by atoms with van der Waals surface area (Å²) >= 11 is 0. The summed E-state index contributed by atoms with van der Waals surface area (Å²) in [5.74, 6) is -0.893. The van der Waals surface area contributed by atoms with E-state index in [1.165, 1.54) is 12.8 Å². The van der Waals surface area contributed by atoms with E-state index in [2.05, 4.69) is 10.2 Å². The van der Waals surface area contributed by atoms with Crippen LogP contribution >= 0.6 is 0 Å². The first kappa shape index (κ1) is 12.0. The van der Waals surface area contributed by atoms with Gasteiger partial charge >= 0.3 is 6.03 Å². The van der Waals surface area contributed by atoms with Crippen molar-refractivity contribution in [2.24, 2.45) is 0 Å². The van der Waals surface area contributed by atoms with Crippen molar-refractivity contribution in [3.05, 3.63) is 0 Å². The number of nitrogens with one attached hydrogen (secondary N) is 1. The quantitative estimate of drug-likeness (QED) is 0.698. The number of rotatable bonds is 4. The molecule has 0 aromatic carbocycles. The minimum Gasteiger partial charge on any atom is -0.303 e. The summed E-state index contributed by atoms with van der Waals surface area (Å²) in [4.78, 5) is 37.3. The first-order chi connectivity index (χ1) is 8.16. The van der Waals surface area contributed by atoms with Crippen molar-refractivity contribution in [1.82, 2.24) is 15.1 Å². The zero-order valence-corrected chi connectivity index (χ0v) is 9.78. The fourth-order valence-electron chi connectivity index (χ4n) is 2.26. The zero-order chi connectivity index (χ0) is 12.3. The standard InChI is InChI=1S/C11H17N3O3/c15-9-8-10(16)14(11(17)12-9)7-3-6-13-4-1-2-5-13/h1-8H2,(H,12,15,17). The lowest BCUT2D eigenvalue weighted by molar-refractivity contribution is -0.136. The summed E-state index contributed by atoms with van der Waals surface area (Å²) in [6.45, 7) is 3.52. The van der Waals surface area contributed by atoms with Gasteiger partial charge in [-0.05, 0) is 38.9 Å². The molecule has 0 aliphatic carbocycles.